The van der Waals surface area contributed by atoms with Crippen molar-refractivity contribution in [2.24, 2.45) is 11.7 Å². The van der Waals surface area contributed by atoms with Gasteiger partial charge in [0.25, 0.3) is 0 Å². The number of benzene rings is 1. The molecule has 1 fully saturated rings. The maximum absolute atomic E-state index is 8.47. The van der Waals surface area contributed by atoms with E-state index < -0.39 is 0 Å². The first-order valence-corrected chi connectivity index (χ1v) is 7.45. The molecule has 0 atom stereocenters. The highest BCUT2D eigenvalue weighted by molar-refractivity contribution is 9.10. The Labute approximate surface area is 127 Å². The average Bonchev–Trinajstić information content (AvgIpc) is 2.32. The van der Waals surface area contributed by atoms with Crippen LogP contribution in [0.2, 0.25) is 0 Å². The summed E-state index contributed by atoms with van der Waals surface area (Å²) in [5, 5.41) is 8.72. The van der Waals surface area contributed by atoms with Crippen LogP contribution in [0.15, 0.2) is 28.7 Å². The van der Waals surface area contributed by atoms with Gasteiger partial charge in [-0.25, -0.2) is 0 Å². The maximum atomic E-state index is 8.47. The molecule has 0 bridgehead atoms. The summed E-state index contributed by atoms with van der Waals surface area (Å²) in [5.74, 6) is 1.12. The van der Waals surface area contributed by atoms with Gasteiger partial charge in [-0.15, -0.1) is 0 Å². The molecule has 1 saturated carbocycles. The predicted molar refractivity (Wildman–Crippen MR) is 86.5 cm³/mol. The molecule has 5 heteroatoms. The maximum Gasteiger partial charge on any atom is 0.171 e. The summed E-state index contributed by atoms with van der Waals surface area (Å²) in [6.45, 7) is 2.21. The zero-order valence-corrected chi connectivity index (χ0v) is 13.5. The van der Waals surface area contributed by atoms with Crippen molar-refractivity contribution >= 4 is 39.1 Å². The standard InChI is InChI=1S/C14H18BrN3S/c1-9-7-14(8-9,12(16)18(2)13(17)19)10-4-3-5-11(15)6-10/h3-6,9,16H,7-8H2,1-2H3,(H2,17,19). The lowest BCUT2D eigenvalue weighted by Crippen LogP contribution is -2.54. The van der Waals surface area contributed by atoms with Crippen LogP contribution in [0.4, 0.5) is 0 Å². The van der Waals surface area contributed by atoms with Crippen LogP contribution < -0.4 is 5.73 Å². The Balaban J connectivity index is 2.39. The van der Waals surface area contributed by atoms with Crippen molar-refractivity contribution in [1.29, 1.82) is 5.41 Å². The highest BCUT2D eigenvalue weighted by Gasteiger charge is 2.48. The Morgan fingerprint density at radius 2 is 2.16 bits per heavy atom. The van der Waals surface area contributed by atoms with Gasteiger partial charge in [-0.3, -0.25) is 5.41 Å². The van der Waals surface area contributed by atoms with Gasteiger partial charge in [-0.1, -0.05) is 35.0 Å². The quantitative estimate of drug-likeness (QED) is 0.494. The number of nitrogens with zero attached hydrogens (tertiary/aromatic N) is 1. The number of hydrogen-bond acceptors (Lipinski definition) is 2. The Morgan fingerprint density at radius 3 is 2.63 bits per heavy atom. The van der Waals surface area contributed by atoms with Crippen LogP contribution in [0.3, 0.4) is 0 Å². The molecular weight excluding hydrogens is 322 g/mol. The highest BCUT2D eigenvalue weighted by atomic mass is 79.9. The molecule has 1 aromatic carbocycles. The van der Waals surface area contributed by atoms with Crippen LogP contribution in [-0.2, 0) is 5.41 Å². The molecule has 102 valence electrons. The summed E-state index contributed by atoms with van der Waals surface area (Å²) in [6.07, 6.45) is 1.94. The minimum atomic E-state index is -0.249. The third-order valence-electron chi connectivity index (χ3n) is 3.89. The second-order valence-electron chi connectivity index (χ2n) is 5.35. The molecule has 19 heavy (non-hydrogen) atoms. The van der Waals surface area contributed by atoms with Crippen LogP contribution in [0, 0.1) is 11.3 Å². The monoisotopic (exact) mass is 339 g/mol. The smallest absolute Gasteiger partial charge is 0.171 e. The minimum absolute atomic E-state index is 0.249. The molecule has 1 aliphatic rings. The van der Waals surface area contributed by atoms with E-state index in [2.05, 4.69) is 35.0 Å². The first kappa shape index (κ1) is 14.5. The van der Waals surface area contributed by atoms with Crippen molar-refractivity contribution in [2.75, 3.05) is 7.05 Å². The molecular formula is C14H18BrN3S. The average molecular weight is 340 g/mol. The summed E-state index contributed by atoms with van der Waals surface area (Å²) in [7, 11) is 1.77. The van der Waals surface area contributed by atoms with Crippen molar-refractivity contribution < 1.29 is 0 Å². The largest absolute Gasteiger partial charge is 0.376 e. The van der Waals surface area contributed by atoms with Crippen LogP contribution in [0.25, 0.3) is 0 Å². The molecule has 0 amide bonds. The first-order chi connectivity index (χ1) is 8.86. The van der Waals surface area contributed by atoms with E-state index in [0.29, 0.717) is 11.8 Å². The second kappa shape index (κ2) is 5.21. The number of halogens is 1. The van der Waals surface area contributed by atoms with Gasteiger partial charge < -0.3 is 10.6 Å². The van der Waals surface area contributed by atoms with Crippen molar-refractivity contribution in [1.82, 2.24) is 4.90 Å². The van der Waals surface area contributed by atoms with Crippen molar-refractivity contribution in [3.05, 3.63) is 34.3 Å². The zero-order chi connectivity index (χ0) is 14.2. The molecule has 3 N–H and O–H groups in total. The third-order valence-corrected chi connectivity index (χ3v) is 4.66. The number of likely N-dealkylation sites (N-methyl/N-ethyl adjacent to an activating group) is 1. The molecule has 0 spiro atoms. The predicted octanol–water partition coefficient (Wildman–Crippen LogP) is 3.27. The molecule has 0 aliphatic heterocycles. The Bertz CT molecular complexity index is 523. The third kappa shape index (κ3) is 2.54. The van der Waals surface area contributed by atoms with Gasteiger partial charge in [0.15, 0.2) is 5.11 Å². The molecule has 0 radical (unpaired) electrons. The van der Waals surface area contributed by atoms with Crippen LogP contribution in [-0.4, -0.2) is 22.9 Å². The topological polar surface area (TPSA) is 53.1 Å². The fraction of sp³-hybridized carbons (Fsp3) is 0.429. The van der Waals surface area contributed by atoms with E-state index in [4.69, 9.17) is 23.4 Å². The molecule has 2 rings (SSSR count). The van der Waals surface area contributed by atoms with Crippen LogP contribution in [0.1, 0.15) is 25.3 Å². The van der Waals surface area contributed by atoms with Crippen molar-refractivity contribution in [3.63, 3.8) is 0 Å². The van der Waals surface area contributed by atoms with Gasteiger partial charge in [0.1, 0.15) is 5.84 Å². The first-order valence-electron chi connectivity index (χ1n) is 6.25. The summed E-state index contributed by atoms with van der Waals surface area (Å²) in [6, 6.07) is 8.19. The molecule has 0 saturated heterocycles. The number of nitrogens with one attached hydrogen (secondary N) is 1. The van der Waals surface area contributed by atoms with E-state index in [9.17, 15) is 0 Å². The summed E-state index contributed by atoms with van der Waals surface area (Å²) < 4.78 is 1.04. The van der Waals surface area contributed by atoms with Gasteiger partial charge in [0, 0.05) is 11.5 Å². The second-order valence-corrected chi connectivity index (χ2v) is 6.69. The van der Waals surface area contributed by atoms with Gasteiger partial charge in [-0.05, 0) is 48.7 Å². The summed E-state index contributed by atoms with van der Waals surface area (Å²) in [4.78, 5) is 1.61. The Kier molecular flexibility index (Phi) is 3.97. The number of thiocarbonyl (C=S) groups is 1. The molecule has 0 heterocycles. The van der Waals surface area contributed by atoms with Crippen LogP contribution >= 0.6 is 28.1 Å². The number of hydrogen-bond donors (Lipinski definition) is 2. The van der Waals surface area contributed by atoms with E-state index in [0.717, 1.165) is 22.9 Å². The molecule has 0 unspecified atom stereocenters. The normalized spacial score (nSPS) is 25.5. The van der Waals surface area contributed by atoms with Gasteiger partial charge in [0.2, 0.25) is 0 Å². The van der Waals surface area contributed by atoms with E-state index in [-0.39, 0.29) is 10.5 Å². The van der Waals surface area contributed by atoms with Gasteiger partial charge >= 0.3 is 0 Å². The van der Waals surface area contributed by atoms with Gasteiger partial charge in [-0.2, -0.15) is 0 Å². The van der Waals surface area contributed by atoms with E-state index in [1.54, 1.807) is 11.9 Å². The molecule has 1 aromatic rings. The molecule has 0 aromatic heterocycles. The lowest BCUT2D eigenvalue weighted by Gasteiger charge is -2.49. The van der Waals surface area contributed by atoms with Crippen molar-refractivity contribution in [3.8, 4) is 0 Å². The van der Waals surface area contributed by atoms with Crippen LogP contribution in [0.5, 0.6) is 0 Å². The van der Waals surface area contributed by atoms with Gasteiger partial charge in [0.05, 0.1) is 5.41 Å². The highest BCUT2D eigenvalue weighted by Crippen LogP contribution is 2.49. The van der Waals surface area contributed by atoms with E-state index in [1.807, 2.05) is 12.1 Å². The lowest BCUT2D eigenvalue weighted by molar-refractivity contribution is 0.217. The minimum Gasteiger partial charge on any atom is -0.376 e. The Hall–Kier alpha value is -0.940. The summed E-state index contributed by atoms with van der Waals surface area (Å²) in [5.41, 5.74) is 6.57. The number of rotatable bonds is 2. The van der Waals surface area contributed by atoms with Crippen molar-refractivity contribution in [2.45, 2.75) is 25.2 Å². The molecule has 3 nitrogen and oxygen atoms in total. The lowest BCUT2D eigenvalue weighted by atomic mass is 9.58. The van der Waals surface area contributed by atoms with E-state index in [1.165, 1.54) is 0 Å². The number of amidine groups is 1. The number of nitrogens with two attached hydrogens (primary N) is 1. The summed E-state index contributed by atoms with van der Waals surface area (Å²) >= 11 is 8.50. The fourth-order valence-corrected chi connectivity index (χ4v) is 3.40. The Morgan fingerprint density at radius 1 is 1.53 bits per heavy atom. The van der Waals surface area contributed by atoms with E-state index >= 15 is 0 Å². The molecule has 1 aliphatic carbocycles. The zero-order valence-electron chi connectivity index (χ0n) is 11.1. The fourth-order valence-electron chi connectivity index (χ4n) is 2.91. The SMILES string of the molecule is CC1CC(C(=N)N(C)C(N)=S)(c2cccc(Br)c2)C1.